The first-order chi connectivity index (χ1) is 9.77. The van der Waals surface area contributed by atoms with E-state index in [0.717, 1.165) is 41.5 Å². The molecule has 0 aliphatic rings. The fourth-order valence-corrected chi connectivity index (χ4v) is 2.67. The molecule has 0 aliphatic carbocycles. The molecule has 0 N–H and O–H groups in total. The van der Waals surface area contributed by atoms with Crippen LogP contribution in [0.3, 0.4) is 0 Å². The zero-order chi connectivity index (χ0) is 14.6. The van der Waals surface area contributed by atoms with Crippen molar-refractivity contribution in [1.29, 1.82) is 0 Å². The molecule has 0 fully saturated rings. The van der Waals surface area contributed by atoms with Gasteiger partial charge in [-0.05, 0) is 48.8 Å². The van der Waals surface area contributed by atoms with Gasteiger partial charge in [0, 0.05) is 5.02 Å². The van der Waals surface area contributed by atoms with Gasteiger partial charge in [-0.3, -0.25) is 0 Å². The molecule has 1 aromatic rings. The molecule has 0 unspecified atom stereocenters. The fourth-order valence-electron chi connectivity index (χ4n) is 2.20. The number of ether oxygens (including phenoxy) is 1. The Labute approximate surface area is 134 Å². The summed E-state index contributed by atoms with van der Waals surface area (Å²) < 4.78 is 5.78. The zero-order valence-electron chi connectivity index (χ0n) is 12.5. The number of thiol groups is 1. The number of halogens is 1. The van der Waals surface area contributed by atoms with E-state index in [0.29, 0.717) is 0 Å². The van der Waals surface area contributed by atoms with Crippen molar-refractivity contribution in [3.63, 3.8) is 0 Å². The van der Waals surface area contributed by atoms with Crippen LogP contribution in [0.15, 0.2) is 18.2 Å². The average molecular weight is 315 g/mol. The summed E-state index contributed by atoms with van der Waals surface area (Å²) in [6.45, 7) is 2.92. The van der Waals surface area contributed by atoms with Gasteiger partial charge in [0.05, 0.1) is 6.61 Å². The summed E-state index contributed by atoms with van der Waals surface area (Å²) in [6, 6.07) is 5.94. The van der Waals surface area contributed by atoms with E-state index in [1.165, 1.54) is 38.5 Å². The van der Waals surface area contributed by atoms with Gasteiger partial charge in [-0.15, -0.1) is 0 Å². The van der Waals surface area contributed by atoms with Gasteiger partial charge in [-0.1, -0.05) is 50.6 Å². The number of rotatable bonds is 11. The molecular formula is C17H27ClOS. The van der Waals surface area contributed by atoms with Gasteiger partial charge in [-0.2, -0.15) is 12.6 Å². The van der Waals surface area contributed by atoms with Gasteiger partial charge in [0.1, 0.15) is 5.75 Å². The number of benzene rings is 1. The molecule has 1 aromatic carbocycles. The first-order valence-electron chi connectivity index (χ1n) is 7.80. The Hall–Kier alpha value is -0.340. The lowest BCUT2D eigenvalue weighted by Crippen LogP contribution is -1.98. The summed E-state index contributed by atoms with van der Waals surface area (Å²) in [5, 5.41) is 0.834. The summed E-state index contributed by atoms with van der Waals surface area (Å²) in [7, 11) is 0. The summed E-state index contributed by atoms with van der Waals surface area (Å²) >= 11 is 10.3. The van der Waals surface area contributed by atoms with E-state index in [2.05, 4.69) is 25.6 Å². The summed E-state index contributed by atoms with van der Waals surface area (Å²) in [5.74, 6) is 1.97. The minimum atomic E-state index is 0.807. The number of hydrogen-bond donors (Lipinski definition) is 1. The monoisotopic (exact) mass is 314 g/mol. The van der Waals surface area contributed by atoms with E-state index in [4.69, 9.17) is 16.3 Å². The highest BCUT2D eigenvalue weighted by Gasteiger charge is 2.01. The lowest BCUT2D eigenvalue weighted by atomic mass is 10.1. The van der Waals surface area contributed by atoms with E-state index in [-0.39, 0.29) is 0 Å². The molecule has 0 amide bonds. The second-order valence-electron chi connectivity index (χ2n) is 5.15. The van der Waals surface area contributed by atoms with E-state index < -0.39 is 0 Å². The van der Waals surface area contributed by atoms with Gasteiger partial charge < -0.3 is 4.74 Å². The van der Waals surface area contributed by atoms with Gasteiger partial charge in [0.2, 0.25) is 0 Å². The molecule has 0 aromatic heterocycles. The van der Waals surface area contributed by atoms with Crippen LogP contribution in [-0.4, -0.2) is 12.4 Å². The first-order valence-corrected chi connectivity index (χ1v) is 8.81. The fraction of sp³-hybridized carbons (Fsp3) is 0.647. The number of aryl methyl sites for hydroxylation is 1. The predicted molar refractivity (Wildman–Crippen MR) is 92.5 cm³/mol. The van der Waals surface area contributed by atoms with Crippen LogP contribution < -0.4 is 4.74 Å². The van der Waals surface area contributed by atoms with Crippen LogP contribution in [0.25, 0.3) is 0 Å². The lowest BCUT2D eigenvalue weighted by Gasteiger charge is -2.08. The Kier molecular flexibility index (Phi) is 10.0. The van der Waals surface area contributed by atoms with Crippen molar-refractivity contribution in [2.45, 2.75) is 58.3 Å². The third-order valence-electron chi connectivity index (χ3n) is 3.47. The molecule has 0 bridgehead atoms. The van der Waals surface area contributed by atoms with E-state index in [1.54, 1.807) is 0 Å². The van der Waals surface area contributed by atoms with Crippen molar-refractivity contribution in [2.75, 3.05) is 12.4 Å². The third kappa shape index (κ3) is 7.44. The van der Waals surface area contributed by atoms with Crippen molar-refractivity contribution in [3.05, 3.63) is 28.8 Å². The Morgan fingerprint density at radius 2 is 1.65 bits per heavy atom. The lowest BCUT2D eigenvalue weighted by molar-refractivity contribution is 0.304. The molecule has 0 atom stereocenters. The third-order valence-corrected chi connectivity index (χ3v) is 4.15. The highest BCUT2D eigenvalue weighted by molar-refractivity contribution is 7.80. The average Bonchev–Trinajstić information content (AvgIpc) is 2.47. The predicted octanol–water partition coefficient (Wildman–Crippen LogP) is 5.94. The second kappa shape index (κ2) is 11.3. The Balaban J connectivity index is 2.06. The van der Waals surface area contributed by atoms with E-state index in [1.807, 2.05) is 12.1 Å². The zero-order valence-corrected chi connectivity index (χ0v) is 14.2. The molecule has 20 heavy (non-hydrogen) atoms. The van der Waals surface area contributed by atoms with Crippen LogP contribution in [-0.2, 0) is 6.42 Å². The van der Waals surface area contributed by atoms with Crippen molar-refractivity contribution >= 4 is 24.2 Å². The van der Waals surface area contributed by atoms with Gasteiger partial charge in [0.15, 0.2) is 0 Å². The van der Waals surface area contributed by atoms with Crippen LogP contribution in [0.1, 0.15) is 57.4 Å². The van der Waals surface area contributed by atoms with Gasteiger partial charge >= 0.3 is 0 Å². The molecule has 0 aliphatic heterocycles. The van der Waals surface area contributed by atoms with Crippen LogP contribution >= 0.6 is 24.2 Å². The van der Waals surface area contributed by atoms with Crippen molar-refractivity contribution in [2.24, 2.45) is 0 Å². The first kappa shape index (κ1) is 17.7. The summed E-state index contributed by atoms with van der Waals surface area (Å²) in [5.41, 5.74) is 1.16. The maximum absolute atomic E-state index is 6.09. The van der Waals surface area contributed by atoms with E-state index in [9.17, 15) is 0 Å². The number of unbranched alkanes of at least 4 members (excludes halogenated alkanes) is 6. The number of hydrogen-bond acceptors (Lipinski definition) is 2. The maximum Gasteiger partial charge on any atom is 0.119 e. The molecule has 0 spiro atoms. The van der Waals surface area contributed by atoms with Crippen LogP contribution in [0.4, 0.5) is 0 Å². The van der Waals surface area contributed by atoms with Crippen molar-refractivity contribution in [3.8, 4) is 5.75 Å². The van der Waals surface area contributed by atoms with E-state index >= 15 is 0 Å². The molecule has 0 saturated carbocycles. The Morgan fingerprint density at radius 3 is 2.30 bits per heavy atom. The Morgan fingerprint density at radius 1 is 1.00 bits per heavy atom. The topological polar surface area (TPSA) is 9.23 Å². The minimum Gasteiger partial charge on any atom is -0.494 e. The summed E-state index contributed by atoms with van der Waals surface area (Å²) in [6.07, 6.45) is 9.92. The van der Waals surface area contributed by atoms with Crippen LogP contribution in [0.2, 0.25) is 5.02 Å². The highest BCUT2D eigenvalue weighted by Crippen LogP contribution is 2.22. The quantitative estimate of drug-likeness (QED) is 0.392. The Bertz CT molecular complexity index is 368. The summed E-state index contributed by atoms with van der Waals surface area (Å²) in [4.78, 5) is 0. The standard InChI is InChI=1S/C17H27ClOS/c1-2-15-14-16(10-11-17(15)18)19-12-8-6-4-3-5-7-9-13-20/h10-11,14,20H,2-9,12-13H2,1H3. The molecule has 0 heterocycles. The molecule has 1 rings (SSSR count). The van der Waals surface area contributed by atoms with Crippen LogP contribution in [0.5, 0.6) is 5.75 Å². The second-order valence-corrected chi connectivity index (χ2v) is 6.01. The molecule has 114 valence electrons. The molecule has 0 saturated heterocycles. The molecule has 1 nitrogen and oxygen atoms in total. The maximum atomic E-state index is 6.09. The highest BCUT2D eigenvalue weighted by atomic mass is 35.5. The van der Waals surface area contributed by atoms with Gasteiger partial charge in [-0.25, -0.2) is 0 Å². The van der Waals surface area contributed by atoms with Crippen LogP contribution in [0, 0.1) is 0 Å². The molecule has 3 heteroatoms. The molecule has 0 radical (unpaired) electrons. The minimum absolute atomic E-state index is 0.807. The van der Waals surface area contributed by atoms with Crippen molar-refractivity contribution in [1.82, 2.24) is 0 Å². The smallest absolute Gasteiger partial charge is 0.119 e. The molecular weight excluding hydrogens is 288 g/mol. The largest absolute Gasteiger partial charge is 0.494 e. The SMILES string of the molecule is CCc1cc(OCCCCCCCCCS)ccc1Cl. The van der Waals surface area contributed by atoms with Gasteiger partial charge in [0.25, 0.3) is 0 Å². The normalized spacial score (nSPS) is 10.8. The van der Waals surface area contributed by atoms with Crippen molar-refractivity contribution < 1.29 is 4.74 Å².